The summed E-state index contributed by atoms with van der Waals surface area (Å²) in [5, 5.41) is 12.8. The molecule has 3 nitrogen and oxygen atoms in total. The van der Waals surface area contributed by atoms with Crippen molar-refractivity contribution in [3.63, 3.8) is 0 Å². The molecule has 2 aliphatic rings. The van der Waals surface area contributed by atoms with Gasteiger partial charge in [-0.25, -0.2) is 0 Å². The highest BCUT2D eigenvalue weighted by molar-refractivity contribution is 5.96. The maximum Gasteiger partial charge on any atom is 0.255 e. The molecule has 1 amide bonds. The fourth-order valence-corrected chi connectivity index (χ4v) is 2.77. The molecular weight excluding hydrogens is 226 g/mol. The van der Waals surface area contributed by atoms with Crippen LogP contribution in [0.15, 0.2) is 18.2 Å². The Morgan fingerprint density at radius 3 is 2.72 bits per heavy atom. The molecule has 0 aromatic heterocycles. The molecule has 2 aliphatic carbocycles. The molecular formula is C15H19NO2. The molecule has 1 aromatic rings. The molecule has 0 bridgehead atoms. The van der Waals surface area contributed by atoms with Crippen molar-refractivity contribution in [2.45, 2.75) is 32.6 Å². The van der Waals surface area contributed by atoms with E-state index in [1.807, 2.05) is 13.0 Å². The maximum atomic E-state index is 12.0. The van der Waals surface area contributed by atoms with Crippen LogP contribution >= 0.6 is 0 Å². The van der Waals surface area contributed by atoms with Gasteiger partial charge in [0.05, 0.1) is 5.56 Å². The summed E-state index contributed by atoms with van der Waals surface area (Å²) >= 11 is 0. The van der Waals surface area contributed by atoms with Gasteiger partial charge in [-0.3, -0.25) is 4.79 Å². The van der Waals surface area contributed by atoms with Crippen LogP contribution in [0.4, 0.5) is 0 Å². The molecule has 2 fully saturated rings. The molecule has 0 saturated heterocycles. The fraction of sp³-hybridized carbons (Fsp3) is 0.533. The van der Waals surface area contributed by atoms with Crippen LogP contribution in [0.5, 0.6) is 5.75 Å². The molecule has 1 aromatic carbocycles. The number of phenols is 1. The summed E-state index contributed by atoms with van der Waals surface area (Å²) in [6.07, 6.45) is 5.15. The number of benzene rings is 1. The van der Waals surface area contributed by atoms with Crippen molar-refractivity contribution < 1.29 is 9.90 Å². The Labute approximate surface area is 107 Å². The second kappa shape index (κ2) is 4.01. The predicted octanol–water partition coefficient (Wildman–Crippen LogP) is 2.62. The summed E-state index contributed by atoms with van der Waals surface area (Å²) in [4.78, 5) is 12.0. The molecule has 18 heavy (non-hydrogen) atoms. The van der Waals surface area contributed by atoms with E-state index in [1.165, 1.54) is 25.7 Å². The number of phenolic OH excluding ortho intramolecular Hbond substituents is 1. The molecule has 2 saturated carbocycles. The van der Waals surface area contributed by atoms with Gasteiger partial charge in [0.1, 0.15) is 5.75 Å². The van der Waals surface area contributed by atoms with Gasteiger partial charge in [-0.2, -0.15) is 0 Å². The smallest absolute Gasteiger partial charge is 0.255 e. The first kappa shape index (κ1) is 11.6. The summed E-state index contributed by atoms with van der Waals surface area (Å²) in [6, 6.07) is 5.17. The van der Waals surface area contributed by atoms with Crippen molar-refractivity contribution in [3.8, 4) is 5.75 Å². The van der Waals surface area contributed by atoms with E-state index < -0.39 is 0 Å². The van der Waals surface area contributed by atoms with Gasteiger partial charge in [-0.1, -0.05) is 6.07 Å². The Hall–Kier alpha value is -1.51. The van der Waals surface area contributed by atoms with Gasteiger partial charge in [0.15, 0.2) is 0 Å². The topological polar surface area (TPSA) is 49.3 Å². The van der Waals surface area contributed by atoms with Gasteiger partial charge in [0.2, 0.25) is 0 Å². The normalized spacial score (nSPS) is 20.5. The number of carbonyl (C=O) groups is 1. The fourth-order valence-electron chi connectivity index (χ4n) is 2.77. The minimum absolute atomic E-state index is 0.0729. The number of aromatic hydroxyl groups is 1. The number of aryl methyl sites for hydroxylation is 1. The second-order valence-corrected chi connectivity index (χ2v) is 5.84. The number of rotatable bonds is 4. The molecule has 0 aliphatic heterocycles. The summed E-state index contributed by atoms with van der Waals surface area (Å²) in [7, 11) is 0. The van der Waals surface area contributed by atoms with E-state index in [0.717, 1.165) is 18.0 Å². The number of hydrogen-bond donors (Lipinski definition) is 2. The van der Waals surface area contributed by atoms with Gasteiger partial charge in [-0.15, -0.1) is 0 Å². The molecule has 0 radical (unpaired) electrons. The molecule has 3 rings (SSSR count). The first-order valence-electron chi connectivity index (χ1n) is 6.69. The quantitative estimate of drug-likeness (QED) is 0.856. The zero-order valence-corrected chi connectivity index (χ0v) is 10.7. The van der Waals surface area contributed by atoms with E-state index >= 15 is 0 Å². The van der Waals surface area contributed by atoms with Crippen molar-refractivity contribution in [1.82, 2.24) is 5.32 Å². The molecule has 0 atom stereocenters. The number of hydrogen-bond acceptors (Lipinski definition) is 2. The summed E-state index contributed by atoms with van der Waals surface area (Å²) in [5.41, 5.74) is 1.74. The van der Waals surface area contributed by atoms with Gasteiger partial charge in [-0.05, 0) is 61.6 Å². The predicted molar refractivity (Wildman–Crippen MR) is 69.6 cm³/mol. The SMILES string of the molecule is Cc1ccc(C(=O)NCC2(C3CC3)CC2)c(O)c1. The van der Waals surface area contributed by atoms with Crippen LogP contribution < -0.4 is 5.32 Å². The lowest BCUT2D eigenvalue weighted by molar-refractivity contribution is 0.0940. The van der Waals surface area contributed by atoms with Crippen LogP contribution in [0.25, 0.3) is 0 Å². The van der Waals surface area contributed by atoms with Gasteiger partial charge in [0.25, 0.3) is 5.91 Å². The van der Waals surface area contributed by atoms with E-state index in [1.54, 1.807) is 12.1 Å². The van der Waals surface area contributed by atoms with Crippen molar-refractivity contribution >= 4 is 5.91 Å². The molecule has 0 heterocycles. The molecule has 0 unspecified atom stereocenters. The highest BCUT2D eigenvalue weighted by atomic mass is 16.3. The van der Waals surface area contributed by atoms with E-state index in [2.05, 4.69) is 5.32 Å². The van der Waals surface area contributed by atoms with E-state index in [0.29, 0.717) is 11.0 Å². The van der Waals surface area contributed by atoms with Crippen molar-refractivity contribution in [2.24, 2.45) is 11.3 Å². The van der Waals surface area contributed by atoms with Crippen molar-refractivity contribution in [2.75, 3.05) is 6.54 Å². The lowest BCUT2D eigenvalue weighted by Crippen LogP contribution is -2.31. The minimum atomic E-state index is -0.153. The monoisotopic (exact) mass is 245 g/mol. The standard InChI is InChI=1S/C15H19NO2/c1-10-2-5-12(13(17)8-10)14(18)16-9-15(6-7-15)11-3-4-11/h2,5,8,11,17H,3-4,6-7,9H2,1H3,(H,16,18). The molecule has 3 heteroatoms. The Morgan fingerprint density at radius 2 is 2.17 bits per heavy atom. The zero-order valence-electron chi connectivity index (χ0n) is 10.7. The van der Waals surface area contributed by atoms with Crippen LogP contribution in [0, 0.1) is 18.3 Å². The third-order valence-corrected chi connectivity index (χ3v) is 4.33. The third-order valence-electron chi connectivity index (χ3n) is 4.33. The number of carbonyl (C=O) groups excluding carboxylic acids is 1. The highest BCUT2D eigenvalue weighted by Gasteiger charge is 2.53. The lowest BCUT2D eigenvalue weighted by Gasteiger charge is -2.15. The Balaban J connectivity index is 1.64. The maximum absolute atomic E-state index is 12.0. The molecule has 0 spiro atoms. The Kier molecular flexibility index (Phi) is 2.58. The largest absolute Gasteiger partial charge is 0.507 e. The Bertz CT molecular complexity index is 487. The van der Waals surface area contributed by atoms with Gasteiger partial charge >= 0.3 is 0 Å². The summed E-state index contributed by atoms with van der Waals surface area (Å²) in [5.74, 6) is 0.757. The van der Waals surface area contributed by atoms with Gasteiger partial charge in [0, 0.05) is 6.54 Å². The van der Waals surface area contributed by atoms with Crippen molar-refractivity contribution in [3.05, 3.63) is 29.3 Å². The van der Waals surface area contributed by atoms with E-state index in [9.17, 15) is 9.90 Å². The van der Waals surface area contributed by atoms with Crippen LogP contribution in [0.2, 0.25) is 0 Å². The first-order chi connectivity index (χ1) is 8.61. The summed E-state index contributed by atoms with van der Waals surface area (Å²) < 4.78 is 0. The van der Waals surface area contributed by atoms with E-state index in [-0.39, 0.29) is 11.7 Å². The average Bonchev–Trinajstić information content (AvgIpc) is 3.17. The minimum Gasteiger partial charge on any atom is -0.507 e. The zero-order chi connectivity index (χ0) is 12.8. The van der Waals surface area contributed by atoms with Crippen LogP contribution in [0.1, 0.15) is 41.6 Å². The summed E-state index contributed by atoms with van der Waals surface area (Å²) in [6.45, 7) is 2.66. The lowest BCUT2D eigenvalue weighted by atomic mass is 10.0. The van der Waals surface area contributed by atoms with E-state index in [4.69, 9.17) is 0 Å². The second-order valence-electron chi connectivity index (χ2n) is 5.84. The molecule has 2 N–H and O–H groups in total. The van der Waals surface area contributed by atoms with Crippen molar-refractivity contribution in [1.29, 1.82) is 0 Å². The third kappa shape index (κ3) is 2.09. The molecule has 96 valence electrons. The van der Waals surface area contributed by atoms with Gasteiger partial charge < -0.3 is 10.4 Å². The van der Waals surface area contributed by atoms with Crippen LogP contribution in [0.3, 0.4) is 0 Å². The Morgan fingerprint density at radius 1 is 1.44 bits per heavy atom. The van der Waals surface area contributed by atoms with Crippen LogP contribution in [-0.2, 0) is 0 Å². The van der Waals surface area contributed by atoms with Crippen LogP contribution in [-0.4, -0.2) is 17.6 Å². The number of amides is 1. The number of nitrogens with one attached hydrogen (secondary N) is 1. The average molecular weight is 245 g/mol. The first-order valence-corrected chi connectivity index (χ1v) is 6.69. The highest BCUT2D eigenvalue weighted by Crippen LogP contribution is 2.60.